The van der Waals surface area contributed by atoms with Gasteiger partial charge in [-0.25, -0.2) is 4.98 Å². The van der Waals surface area contributed by atoms with Gasteiger partial charge in [0.25, 0.3) is 0 Å². The highest BCUT2D eigenvalue weighted by Gasteiger charge is 2.21. The highest BCUT2D eigenvalue weighted by molar-refractivity contribution is 5.86. The molecule has 0 radical (unpaired) electrons. The summed E-state index contributed by atoms with van der Waals surface area (Å²) in [7, 11) is 0. The van der Waals surface area contributed by atoms with Crippen molar-refractivity contribution < 1.29 is 4.79 Å². The molecule has 0 aliphatic carbocycles. The molecule has 1 unspecified atom stereocenters. The van der Waals surface area contributed by atoms with Crippen molar-refractivity contribution in [1.82, 2.24) is 4.98 Å². The van der Waals surface area contributed by atoms with Crippen LogP contribution in [-0.2, 0) is 4.79 Å². The maximum atomic E-state index is 11.2. The molecule has 1 aromatic heterocycles. The van der Waals surface area contributed by atoms with E-state index in [2.05, 4.69) is 4.98 Å². The molecule has 0 spiro atoms. The third-order valence-corrected chi connectivity index (χ3v) is 2.16. The van der Waals surface area contributed by atoms with E-state index in [1.165, 1.54) is 0 Å². The molecule has 1 aromatic rings. The Labute approximate surface area is 87.7 Å². The number of amides is 1. The fourth-order valence-electron chi connectivity index (χ4n) is 1.45. The van der Waals surface area contributed by atoms with E-state index in [0.29, 0.717) is 5.82 Å². The van der Waals surface area contributed by atoms with Gasteiger partial charge >= 0.3 is 0 Å². The zero-order chi connectivity index (χ0) is 10.7. The van der Waals surface area contributed by atoms with Crippen LogP contribution in [0.3, 0.4) is 0 Å². The number of rotatable bonds is 2. The molecule has 4 nitrogen and oxygen atoms in total. The highest BCUT2D eigenvalue weighted by atomic mass is 16.1. The Morgan fingerprint density at radius 3 is 2.93 bits per heavy atom. The molecule has 1 amide bonds. The number of hydrogen-bond donors (Lipinski definition) is 1. The molecule has 2 heterocycles. The largest absolute Gasteiger partial charge is 0.368 e. The Morgan fingerprint density at radius 1 is 1.40 bits per heavy atom. The van der Waals surface area contributed by atoms with Gasteiger partial charge in [0.2, 0.25) is 5.91 Å². The SMILES string of the molecule is NC(=O)C1C=CC=CN1c1ccccn1. The summed E-state index contributed by atoms with van der Waals surface area (Å²) in [4.78, 5) is 17.1. The van der Waals surface area contributed by atoms with Gasteiger partial charge in [-0.3, -0.25) is 4.79 Å². The summed E-state index contributed by atoms with van der Waals surface area (Å²) in [5.74, 6) is 0.322. The summed E-state index contributed by atoms with van der Waals surface area (Å²) in [6.07, 6.45) is 8.86. The lowest BCUT2D eigenvalue weighted by atomic mass is 10.1. The zero-order valence-electron chi connectivity index (χ0n) is 8.08. The van der Waals surface area contributed by atoms with E-state index in [9.17, 15) is 4.79 Å². The Kier molecular flexibility index (Phi) is 2.49. The molecule has 0 fully saturated rings. The monoisotopic (exact) mass is 201 g/mol. The number of nitrogens with two attached hydrogens (primary N) is 1. The average molecular weight is 201 g/mol. The molecule has 1 aliphatic heterocycles. The van der Waals surface area contributed by atoms with Crippen LogP contribution in [0.5, 0.6) is 0 Å². The van der Waals surface area contributed by atoms with Crippen molar-refractivity contribution in [3.63, 3.8) is 0 Å². The predicted molar refractivity (Wildman–Crippen MR) is 58.0 cm³/mol. The van der Waals surface area contributed by atoms with Gasteiger partial charge < -0.3 is 10.6 Å². The second-order valence-electron chi connectivity index (χ2n) is 3.17. The van der Waals surface area contributed by atoms with E-state index in [1.807, 2.05) is 24.3 Å². The van der Waals surface area contributed by atoms with E-state index < -0.39 is 6.04 Å². The van der Waals surface area contributed by atoms with Gasteiger partial charge in [0.1, 0.15) is 11.9 Å². The molecule has 15 heavy (non-hydrogen) atoms. The number of pyridine rings is 1. The summed E-state index contributed by atoms with van der Waals surface area (Å²) in [6, 6.07) is 5.07. The number of nitrogens with zero attached hydrogens (tertiary/aromatic N) is 2. The van der Waals surface area contributed by atoms with Crippen LogP contribution < -0.4 is 10.6 Å². The number of hydrogen-bond acceptors (Lipinski definition) is 3. The number of carbonyl (C=O) groups excluding carboxylic acids is 1. The number of carbonyl (C=O) groups is 1. The third kappa shape index (κ3) is 1.88. The Bertz CT molecular complexity index is 411. The first-order chi connectivity index (χ1) is 7.29. The van der Waals surface area contributed by atoms with Crippen LogP contribution in [0.1, 0.15) is 0 Å². The van der Waals surface area contributed by atoms with Gasteiger partial charge in [-0.2, -0.15) is 0 Å². The third-order valence-electron chi connectivity index (χ3n) is 2.16. The molecule has 76 valence electrons. The van der Waals surface area contributed by atoms with Crippen LogP contribution >= 0.6 is 0 Å². The Balaban J connectivity index is 2.32. The van der Waals surface area contributed by atoms with Crippen LogP contribution in [0.4, 0.5) is 5.82 Å². The smallest absolute Gasteiger partial charge is 0.244 e. The molecule has 0 saturated heterocycles. The summed E-state index contributed by atoms with van der Waals surface area (Å²) in [5.41, 5.74) is 5.30. The Morgan fingerprint density at radius 2 is 2.27 bits per heavy atom. The van der Waals surface area contributed by atoms with E-state index in [0.717, 1.165) is 0 Å². The van der Waals surface area contributed by atoms with Gasteiger partial charge in [0.05, 0.1) is 0 Å². The van der Waals surface area contributed by atoms with Gasteiger partial charge in [-0.15, -0.1) is 0 Å². The molecule has 0 saturated carbocycles. The first kappa shape index (κ1) is 9.45. The molecule has 4 heteroatoms. The van der Waals surface area contributed by atoms with Crippen molar-refractivity contribution >= 4 is 11.7 Å². The topological polar surface area (TPSA) is 59.2 Å². The first-order valence-corrected chi connectivity index (χ1v) is 4.63. The van der Waals surface area contributed by atoms with Crippen molar-refractivity contribution in [1.29, 1.82) is 0 Å². The van der Waals surface area contributed by atoms with Crippen molar-refractivity contribution in [2.24, 2.45) is 5.73 Å². The second-order valence-corrected chi connectivity index (χ2v) is 3.17. The molecule has 1 atom stereocenters. The van der Waals surface area contributed by atoms with Crippen molar-refractivity contribution in [3.05, 3.63) is 48.8 Å². The minimum absolute atomic E-state index is 0.388. The van der Waals surface area contributed by atoms with Crippen molar-refractivity contribution in [3.8, 4) is 0 Å². The summed E-state index contributed by atoms with van der Waals surface area (Å²) >= 11 is 0. The standard InChI is InChI=1S/C11H11N3O/c12-11(15)9-5-2-4-8-14(9)10-6-1-3-7-13-10/h1-9H,(H2,12,15). The maximum Gasteiger partial charge on any atom is 0.244 e. The zero-order valence-corrected chi connectivity index (χ0v) is 8.08. The quantitative estimate of drug-likeness (QED) is 0.770. The first-order valence-electron chi connectivity index (χ1n) is 4.63. The van der Waals surface area contributed by atoms with Crippen LogP contribution in [0.15, 0.2) is 48.8 Å². The molecular weight excluding hydrogens is 190 g/mol. The van der Waals surface area contributed by atoms with Gasteiger partial charge in [0, 0.05) is 12.4 Å². The lowest BCUT2D eigenvalue weighted by Gasteiger charge is -2.26. The maximum absolute atomic E-state index is 11.2. The summed E-state index contributed by atoms with van der Waals surface area (Å²) in [5, 5.41) is 0. The summed E-state index contributed by atoms with van der Waals surface area (Å²) < 4.78 is 0. The summed E-state index contributed by atoms with van der Waals surface area (Å²) in [6.45, 7) is 0. The molecule has 2 N–H and O–H groups in total. The van der Waals surface area contributed by atoms with Crippen LogP contribution in [0.25, 0.3) is 0 Å². The molecular formula is C11H11N3O. The van der Waals surface area contributed by atoms with E-state index in [4.69, 9.17) is 5.73 Å². The minimum Gasteiger partial charge on any atom is -0.368 e. The number of primary amides is 1. The molecule has 0 aromatic carbocycles. The van der Waals surface area contributed by atoms with Crippen molar-refractivity contribution in [2.75, 3.05) is 4.90 Å². The fourth-order valence-corrected chi connectivity index (χ4v) is 1.45. The van der Waals surface area contributed by atoms with Gasteiger partial charge in [0.15, 0.2) is 0 Å². The molecule has 1 aliphatic rings. The average Bonchev–Trinajstić information content (AvgIpc) is 2.30. The van der Waals surface area contributed by atoms with Gasteiger partial charge in [-0.1, -0.05) is 18.2 Å². The highest BCUT2D eigenvalue weighted by Crippen LogP contribution is 2.17. The van der Waals surface area contributed by atoms with Crippen LogP contribution in [-0.4, -0.2) is 16.9 Å². The fraction of sp³-hybridized carbons (Fsp3) is 0.0909. The second kappa shape index (κ2) is 3.96. The van der Waals surface area contributed by atoms with E-state index in [1.54, 1.807) is 29.4 Å². The van der Waals surface area contributed by atoms with E-state index >= 15 is 0 Å². The lowest BCUT2D eigenvalue weighted by molar-refractivity contribution is -0.118. The minimum atomic E-state index is -0.454. The number of aromatic nitrogens is 1. The van der Waals surface area contributed by atoms with Crippen LogP contribution in [0.2, 0.25) is 0 Å². The molecule has 2 rings (SSSR count). The number of anilines is 1. The predicted octanol–water partition coefficient (Wildman–Crippen LogP) is 0.825. The van der Waals surface area contributed by atoms with Crippen molar-refractivity contribution in [2.45, 2.75) is 6.04 Å². The van der Waals surface area contributed by atoms with Gasteiger partial charge in [-0.05, 0) is 18.2 Å². The Hall–Kier alpha value is -2.10. The van der Waals surface area contributed by atoms with Crippen LogP contribution in [0, 0.1) is 0 Å². The van der Waals surface area contributed by atoms with E-state index in [-0.39, 0.29) is 5.91 Å². The molecule has 0 bridgehead atoms. The number of allylic oxidation sites excluding steroid dienone is 2. The normalized spacial score (nSPS) is 19.2. The lowest BCUT2D eigenvalue weighted by Crippen LogP contribution is -2.41.